The predicted octanol–water partition coefficient (Wildman–Crippen LogP) is 2.39. The van der Waals surface area contributed by atoms with Crippen LogP contribution >= 0.6 is 0 Å². The van der Waals surface area contributed by atoms with Gasteiger partial charge in [0.05, 0.1) is 5.69 Å². The van der Waals surface area contributed by atoms with E-state index in [1.807, 2.05) is 6.92 Å². The van der Waals surface area contributed by atoms with Gasteiger partial charge in [0, 0.05) is 11.6 Å². The van der Waals surface area contributed by atoms with Gasteiger partial charge in [-0.1, -0.05) is 20.3 Å². The Morgan fingerprint density at radius 2 is 2.32 bits per heavy atom. The van der Waals surface area contributed by atoms with Crippen LogP contribution in [0.2, 0.25) is 0 Å². The van der Waals surface area contributed by atoms with Crippen molar-refractivity contribution in [2.24, 2.45) is 5.92 Å². The van der Waals surface area contributed by atoms with E-state index in [2.05, 4.69) is 17.6 Å². The summed E-state index contributed by atoms with van der Waals surface area (Å²) in [4.78, 5) is 23.1. The molecule has 2 rings (SSSR count). The molecule has 0 aromatic heterocycles. The lowest BCUT2D eigenvalue weighted by molar-refractivity contribution is -0.119. The highest BCUT2D eigenvalue weighted by atomic mass is 16.5. The molecule has 2 N–H and O–H groups in total. The van der Waals surface area contributed by atoms with Gasteiger partial charge in [-0.05, 0) is 24.6 Å². The molecule has 1 aliphatic rings. The molecule has 0 spiro atoms. The molecule has 1 aromatic rings. The first-order valence-corrected chi connectivity index (χ1v) is 6.47. The third kappa shape index (κ3) is 3.24. The Balaban J connectivity index is 2.08. The number of amides is 2. The van der Waals surface area contributed by atoms with E-state index in [1.54, 1.807) is 18.2 Å². The van der Waals surface area contributed by atoms with Crippen LogP contribution in [0.3, 0.4) is 0 Å². The molecule has 5 nitrogen and oxygen atoms in total. The third-order valence-corrected chi connectivity index (χ3v) is 3.05. The highest BCUT2D eigenvalue weighted by Crippen LogP contribution is 2.30. The lowest BCUT2D eigenvalue weighted by Crippen LogP contribution is -2.25. The molecular formula is C14H18N2O3. The number of hydrogen-bond donors (Lipinski definition) is 2. The molecule has 5 heteroatoms. The molecule has 1 unspecified atom stereocenters. The van der Waals surface area contributed by atoms with Crippen LogP contribution in [0, 0.1) is 5.92 Å². The number of rotatable bonds is 4. The van der Waals surface area contributed by atoms with Crippen molar-refractivity contribution in [3.05, 3.63) is 18.2 Å². The van der Waals surface area contributed by atoms with Crippen LogP contribution in [-0.4, -0.2) is 18.4 Å². The van der Waals surface area contributed by atoms with Gasteiger partial charge in [-0.3, -0.25) is 9.59 Å². The zero-order chi connectivity index (χ0) is 13.8. The number of carbonyl (C=O) groups is 2. The molecule has 1 atom stereocenters. The fourth-order valence-corrected chi connectivity index (χ4v) is 1.99. The first-order valence-electron chi connectivity index (χ1n) is 6.47. The van der Waals surface area contributed by atoms with Crippen LogP contribution < -0.4 is 15.4 Å². The van der Waals surface area contributed by atoms with Crippen molar-refractivity contribution in [1.29, 1.82) is 0 Å². The SMILES string of the molecule is CCCC(C)C(=O)Nc1ccc2c(c1)NC(=O)CO2. The number of fused-ring (bicyclic) bond motifs is 1. The van der Waals surface area contributed by atoms with Crippen LogP contribution in [0.1, 0.15) is 26.7 Å². The highest BCUT2D eigenvalue weighted by molar-refractivity contribution is 5.97. The molecule has 0 saturated heterocycles. The Bertz CT molecular complexity index is 499. The molecule has 0 radical (unpaired) electrons. The molecule has 0 bridgehead atoms. The molecule has 2 amide bonds. The minimum absolute atomic E-state index is 0.00939. The average molecular weight is 262 g/mol. The second-order valence-electron chi connectivity index (χ2n) is 4.73. The lowest BCUT2D eigenvalue weighted by atomic mass is 10.1. The maximum absolute atomic E-state index is 11.9. The highest BCUT2D eigenvalue weighted by Gasteiger charge is 2.17. The van der Waals surface area contributed by atoms with Gasteiger partial charge >= 0.3 is 0 Å². The van der Waals surface area contributed by atoms with E-state index >= 15 is 0 Å². The molecule has 1 aromatic carbocycles. The Hall–Kier alpha value is -2.04. The predicted molar refractivity (Wildman–Crippen MR) is 73.3 cm³/mol. The van der Waals surface area contributed by atoms with E-state index in [1.165, 1.54) is 0 Å². The van der Waals surface area contributed by atoms with Crippen LogP contribution in [0.25, 0.3) is 0 Å². The van der Waals surface area contributed by atoms with Crippen molar-refractivity contribution in [2.75, 3.05) is 17.2 Å². The standard InChI is InChI=1S/C14H18N2O3/c1-3-4-9(2)14(18)15-10-5-6-12-11(7-10)16-13(17)8-19-12/h5-7,9H,3-4,8H2,1-2H3,(H,15,18)(H,16,17). The summed E-state index contributed by atoms with van der Waals surface area (Å²) in [6, 6.07) is 5.23. The number of anilines is 2. The van der Waals surface area contributed by atoms with E-state index in [0.717, 1.165) is 12.8 Å². The minimum atomic E-state index is -0.185. The Labute approximate surface area is 112 Å². The Morgan fingerprint density at radius 3 is 3.05 bits per heavy atom. The lowest BCUT2D eigenvalue weighted by Gasteiger charge is -2.19. The van der Waals surface area contributed by atoms with E-state index in [-0.39, 0.29) is 24.3 Å². The minimum Gasteiger partial charge on any atom is -0.482 e. The van der Waals surface area contributed by atoms with Gasteiger partial charge in [0.2, 0.25) is 5.91 Å². The zero-order valence-corrected chi connectivity index (χ0v) is 11.2. The van der Waals surface area contributed by atoms with Crippen molar-refractivity contribution in [1.82, 2.24) is 0 Å². The fourth-order valence-electron chi connectivity index (χ4n) is 1.99. The van der Waals surface area contributed by atoms with Gasteiger partial charge in [0.15, 0.2) is 6.61 Å². The van der Waals surface area contributed by atoms with Gasteiger partial charge in [-0.2, -0.15) is 0 Å². The van der Waals surface area contributed by atoms with Gasteiger partial charge in [0.1, 0.15) is 5.75 Å². The van der Waals surface area contributed by atoms with Crippen molar-refractivity contribution < 1.29 is 14.3 Å². The Morgan fingerprint density at radius 1 is 1.53 bits per heavy atom. The summed E-state index contributed by atoms with van der Waals surface area (Å²) in [5.74, 6) is 0.409. The second-order valence-corrected chi connectivity index (χ2v) is 4.73. The summed E-state index contributed by atoms with van der Waals surface area (Å²) in [5, 5.41) is 5.56. The van der Waals surface area contributed by atoms with Crippen molar-refractivity contribution >= 4 is 23.2 Å². The second kappa shape index (κ2) is 5.73. The van der Waals surface area contributed by atoms with E-state index < -0.39 is 0 Å². The molecule has 0 fully saturated rings. The number of carbonyl (C=O) groups excluding carboxylic acids is 2. The molecule has 19 heavy (non-hydrogen) atoms. The van der Waals surface area contributed by atoms with E-state index in [9.17, 15) is 9.59 Å². The molecule has 0 aliphatic carbocycles. The number of benzene rings is 1. The maximum atomic E-state index is 11.9. The first-order chi connectivity index (χ1) is 9.10. The van der Waals surface area contributed by atoms with Crippen LogP contribution in [-0.2, 0) is 9.59 Å². The van der Waals surface area contributed by atoms with Crippen LogP contribution in [0.5, 0.6) is 5.75 Å². The summed E-state index contributed by atoms with van der Waals surface area (Å²) in [5.41, 5.74) is 1.26. The van der Waals surface area contributed by atoms with Gasteiger partial charge < -0.3 is 15.4 Å². The number of hydrogen-bond acceptors (Lipinski definition) is 3. The Kier molecular flexibility index (Phi) is 4.04. The van der Waals surface area contributed by atoms with Crippen LogP contribution in [0.15, 0.2) is 18.2 Å². The topological polar surface area (TPSA) is 67.4 Å². The van der Waals surface area contributed by atoms with Crippen molar-refractivity contribution in [2.45, 2.75) is 26.7 Å². The summed E-state index contributed by atoms with van der Waals surface area (Å²) in [6.07, 6.45) is 1.83. The fraction of sp³-hybridized carbons (Fsp3) is 0.429. The van der Waals surface area contributed by atoms with Gasteiger partial charge in [0.25, 0.3) is 5.91 Å². The smallest absolute Gasteiger partial charge is 0.262 e. The molecule has 102 valence electrons. The summed E-state index contributed by atoms with van der Waals surface area (Å²) >= 11 is 0. The van der Waals surface area contributed by atoms with Crippen molar-refractivity contribution in [3.8, 4) is 5.75 Å². The van der Waals surface area contributed by atoms with Crippen molar-refractivity contribution in [3.63, 3.8) is 0 Å². The zero-order valence-electron chi connectivity index (χ0n) is 11.2. The van der Waals surface area contributed by atoms with Crippen LogP contribution in [0.4, 0.5) is 11.4 Å². The summed E-state index contributed by atoms with van der Waals surface area (Å²) < 4.78 is 5.26. The largest absolute Gasteiger partial charge is 0.482 e. The summed E-state index contributed by atoms with van der Waals surface area (Å²) in [7, 11) is 0. The van der Waals surface area contributed by atoms with Gasteiger partial charge in [-0.25, -0.2) is 0 Å². The van der Waals surface area contributed by atoms with E-state index in [0.29, 0.717) is 17.1 Å². The number of ether oxygens (including phenoxy) is 1. The number of nitrogens with one attached hydrogen (secondary N) is 2. The normalized spacial score (nSPS) is 14.9. The first kappa shape index (κ1) is 13.4. The third-order valence-electron chi connectivity index (χ3n) is 3.05. The molecule has 1 aliphatic heterocycles. The average Bonchev–Trinajstić information content (AvgIpc) is 2.38. The summed E-state index contributed by atoms with van der Waals surface area (Å²) in [6.45, 7) is 3.99. The monoisotopic (exact) mass is 262 g/mol. The quantitative estimate of drug-likeness (QED) is 0.875. The molecular weight excluding hydrogens is 244 g/mol. The van der Waals surface area contributed by atoms with Gasteiger partial charge in [-0.15, -0.1) is 0 Å². The van der Waals surface area contributed by atoms with E-state index in [4.69, 9.17) is 4.74 Å². The molecule has 1 heterocycles. The molecule has 0 saturated carbocycles. The maximum Gasteiger partial charge on any atom is 0.262 e.